The van der Waals surface area contributed by atoms with E-state index in [1.54, 1.807) is 6.07 Å². The molecule has 0 bridgehead atoms. The molecular weight excluding hydrogens is 236 g/mol. The van der Waals surface area contributed by atoms with Crippen LogP contribution in [-0.4, -0.2) is 4.57 Å². The average molecular weight is 244 g/mol. The molecule has 0 saturated heterocycles. The molecule has 1 heterocycles. The van der Waals surface area contributed by atoms with Crippen LogP contribution in [-0.2, 0) is 6.18 Å². The van der Waals surface area contributed by atoms with Gasteiger partial charge in [-0.15, -0.1) is 0 Å². The number of hydrogen-bond acceptors (Lipinski definition) is 1. The smallest absolute Gasteiger partial charge is 0.397 e. The van der Waals surface area contributed by atoms with Gasteiger partial charge in [0.15, 0.2) is 0 Å². The largest absolute Gasteiger partial charge is 0.419 e. The van der Waals surface area contributed by atoms with E-state index in [4.69, 9.17) is 5.73 Å². The van der Waals surface area contributed by atoms with E-state index in [1.807, 2.05) is 0 Å². The molecule has 17 heavy (non-hydrogen) atoms. The molecule has 2 N–H and O–H groups in total. The number of alkyl halides is 3. The molecule has 0 unspecified atom stereocenters. The third kappa shape index (κ3) is 2.25. The van der Waals surface area contributed by atoms with Crippen LogP contribution >= 0.6 is 0 Å². The Labute approximate surface area is 94.3 Å². The minimum atomic E-state index is -4.68. The van der Waals surface area contributed by atoms with E-state index in [0.717, 1.165) is 6.07 Å². The first-order valence-corrected chi connectivity index (χ1v) is 4.68. The van der Waals surface area contributed by atoms with Crippen LogP contribution < -0.4 is 5.73 Å². The van der Waals surface area contributed by atoms with E-state index in [9.17, 15) is 17.6 Å². The van der Waals surface area contributed by atoms with Crippen LogP contribution in [0.15, 0.2) is 36.7 Å². The van der Waals surface area contributed by atoms with Crippen molar-refractivity contribution in [3.05, 3.63) is 48.0 Å². The lowest BCUT2D eigenvalue weighted by atomic mass is 10.2. The molecule has 0 saturated carbocycles. The third-order valence-electron chi connectivity index (χ3n) is 2.27. The van der Waals surface area contributed by atoms with Crippen LogP contribution in [0.3, 0.4) is 0 Å². The Morgan fingerprint density at radius 3 is 2.29 bits per heavy atom. The van der Waals surface area contributed by atoms with E-state index in [0.29, 0.717) is 11.8 Å². The molecule has 90 valence electrons. The molecular formula is C11H8F4N2. The second-order valence-electron chi connectivity index (χ2n) is 3.51. The molecule has 6 heteroatoms. The number of halogens is 4. The fourth-order valence-corrected chi connectivity index (χ4v) is 1.47. The average Bonchev–Trinajstić information content (AvgIpc) is 2.62. The molecule has 0 spiro atoms. The van der Waals surface area contributed by atoms with Crippen LogP contribution in [0.4, 0.5) is 23.2 Å². The summed E-state index contributed by atoms with van der Waals surface area (Å²) in [5.41, 5.74) is 4.92. The summed E-state index contributed by atoms with van der Waals surface area (Å²) in [7, 11) is 0. The summed E-state index contributed by atoms with van der Waals surface area (Å²) in [6.07, 6.45) is -1.66. The SMILES string of the molecule is Nc1ccn(-c2ccc(C(F)(F)F)c(F)c2)c1. The monoisotopic (exact) mass is 244 g/mol. The second-order valence-corrected chi connectivity index (χ2v) is 3.51. The van der Waals surface area contributed by atoms with Gasteiger partial charge in [-0.3, -0.25) is 0 Å². The number of nitrogen functional groups attached to an aromatic ring is 1. The Hall–Kier alpha value is -1.98. The summed E-state index contributed by atoms with van der Waals surface area (Å²) in [5.74, 6) is -1.30. The molecule has 2 rings (SSSR count). The zero-order valence-electron chi connectivity index (χ0n) is 8.50. The predicted molar refractivity (Wildman–Crippen MR) is 55.1 cm³/mol. The summed E-state index contributed by atoms with van der Waals surface area (Å²) in [4.78, 5) is 0. The molecule has 2 aromatic rings. The number of hydrogen-bond donors (Lipinski definition) is 1. The van der Waals surface area contributed by atoms with Crippen LogP contribution in [0.5, 0.6) is 0 Å². The lowest BCUT2D eigenvalue weighted by Crippen LogP contribution is -2.08. The molecule has 1 aromatic carbocycles. The topological polar surface area (TPSA) is 30.9 Å². The van der Waals surface area contributed by atoms with Crippen molar-refractivity contribution in [3.8, 4) is 5.69 Å². The Morgan fingerprint density at radius 2 is 1.82 bits per heavy atom. The number of rotatable bonds is 1. The van der Waals surface area contributed by atoms with Crippen molar-refractivity contribution in [2.75, 3.05) is 5.73 Å². The first-order valence-electron chi connectivity index (χ1n) is 4.68. The normalized spacial score (nSPS) is 11.8. The summed E-state index contributed by atoms with van der Waals surface area (Å²) in [6.45, 7) is 0. The third-order valence-corrected chi connectivity index (χ3v) is 2.27. The predicted octanol–water partition coefficient (Wildman–Crippen LogP) is 3.22. The molecule has 0 amide bonds. The van der Waals surface area contributed by atoms with Crippen molar-refractivity contribution in [3.63, 3.8) is 0 Å². The van der Waals surface area contributed by atoms with Gasteiger partial charge in [-0.2, -0.15) is 13.2 Å². The molecule has 0 radical (unpaired) electrons. The van der Waals surface area contributed by atoms with Gasteiger partial charge in [0.2, 0.25) is 0 Å². The van der Waals surface area contributed by atoms with Crippen LogP contribution in [0.2, 0.25) is 0 Å². The molecule has 2 nitrogen and oxygen atoms in total. The van der Waals surface area contributed by atoms with E-state index >= 15 is 0 Å². The van der Waals surface area contributed by atoms with Crippen molar-refractivity contribution >= 4 is 5.69 Å². The highest BCUT2D eigenvalue weighted by Gasteiger charge is 2.33. The van der Waals surface area contributed by atoms with Gasteiger partial charge in [0, 0.05) is 23.8 Å². The minimum Gasteiger partial charge on any atom is -0.397 e. The van der Waals surface area contributed by atoms with E-state index in [1.165, 1.54) is 23.0 Å². The summed E-state index contributed by atoms with van der Waals surface area (Å²) in [5, 5.41) is 0. The highest BCUT2D eigenvalue weighted by atomic mass is 19.4. The quantitative estimate of drug-likeness (QED) is 0.767. The van der Waals surface area contributed by atoms with Gasteiger partial charge in [-0.25, -0.2) is 4.39 Å². The molecule has 1 aromatic heterocycles. The zero-order chi connectivity index (χ0) is 12.6. The van der Waals surface area contributed by atoms with Crippen molar-refractivity contribution in [2.24, 2.45) is 0 Å². The lowest BCUT2D eigenvalue weighted by Gasteiger charge is -2.09. The van der Waals surface area contributed by atoms with Gasteiger partial charge in [0.05, 0.1) is 5.56 Å². The van der Waals surface area contributed by atoms with Crippen molar-refractivity contribution in [1.82, 2.24) is 4.57 Å². The highest BCUT2D eigenvalue weighted by Crippen LogP contribution is 2.32. The van der Waals surface area contributed by atoms with Crippen molar-refractivity contribution < 1.29 is 17.6 Å². The van der Waals surface area contributed by atoms with E-state index in [2.05, 4.69) is 0 Å². The minimum absolute atomic E-state index is 0.284. The Balaban J connectivity index is 2.44. The number of nitrogens with two attached hydrogens (primary N) is 1. The highest BCUT2D eigenvalue weighted by molar-refractivity contribution is 5.43. The maximum atomic E-state index is 13.3. The van der Waals surface area contributed by atoms with Gasteiger partial charge in [-0.05, 0) is 24.3 Å². The lowest BCUT2D eigenvalue weighted by molar-refractivity contribution is -0.139. The zero-order valence-corrected chi connectivity index (χ0v) is 8.50. The summed E-state index contributed by atoms with van der Waals surface area (Å²) < 4.78 is 51.7. The maximum absolute atomic E-state index is 13.3. The maximum Gasteiger partial charge on any atom is 0.419 e. The van der Waals surface area contributed by atoms with Gasteiger partial charge >= 0.3 is 6.18 Å². The van der Waals surface area contributed by atoms with Crippen molar-refractivity contribution in [1.29, 1.82) is 0 Å². The fourth-order valence-electron chi connectivity index (χ4n) is 1.47. The Kier molecular flexibility index (Phi) is 2.57. The molecule has 0 aliphatic carbocycles. The van der Waals surface area contributed by atoms with Gasteiger partial charge in [0.1, 0.15) is 5.82 Å². The van der Waals surface area contributed by atoms with Gasteiger partial charge in [0.25, 0.3) is 0 Å². The molecule has 0 fully saturated rings. The fraction of sp³-hybridized carbons (Fsp3) is 0.0909. The van der Waals surface area contributed by atoms with Crippen LogP contribution in [0.1, 0.15) is 5.56 Å². The first kappa shape index (κ1) is 11.5. The van der Waals surface area contributed by atoms with Crippen molar-refractivity contribution in [2.45, 2.75) is 6.18 Å². The number of nitrogens with zero attached hydrogens (tertiary/aromatic N) is 1. The number of anilines is 1. The Morgan fingerprint density at radius 1 is 1.12 bits per heavy atom. The van der Waals surface area contributed by atoms with Crippen LogP contribution in [0, 0.1) is 5.82 Å². The summed E-state index contributed by atoms with van der Waals surface area (Å²) >= 11 is 0. The van der Waals surface area contributed by atoms with E-state index < -0.39 is 17.6 Å². The standard InChI is InChI=1S/C11H8F4N2/c12-10-5-8(17-4-3-7(16)6-17)1-2-9(10)11(13,14)15/h1-6H,16H2. The van der Waals surface area contributed by atoms with Crippen LogP contribution in [0.25, 0.3) is 5.69 Å². The van der Waals surface area contributed by atoms with E-state index in [-0.39, 0.29) is 5.69 Å². The first-order chi connectivity index (χ1) is 7.88. The molecule has 0 aliphatic rings. The number of aromatic nitrogens is 1. The molecule has 0 aliphatic heterocycles. The summed E-state index contributed by atoms with van der Waals surface area (Å²) in [6, 6.07) is 4.28. The second kappa shape index (κ2) is 3.80. The van der Waals surface area contributed by atoms with Gasteiger partial charge < -0.3 is 10.3 Å². The Bertz CT molecular complexity index is 543. The number of benzene rings is 1. The van der Waals surface area contributed by atoms with Gasteiger partial charge in [-0.1, -0.05) is 0 Å². The molecule has 0 atom stereocenters.